The molecule has 8 heteroatoms. The molecule has 0 aliphatic heterocycles. The number of carboxylic acids is 1. The van der Waals surface area contributed by atoms with E-state index < -0.39 is 5.97 Å². The number of aryl methyl sites for hydroxylation is 1. The van der Waals surface area contributed by atoms with Gasteiger partial charge in [-0.3, -0.25) is 14.4 Å². The molecule has 8 nitrogen and oxygen atoms in total. The maximum Gasteiger partial charge on any atom is 0.303 e. The van der Waals surface area contributed by atoms with Gasteiger partial charge in [0.15, 0.2) is 0 Å². The number of nitrogens with zero attached hydrogens (tertiary/aromatic N) is 1. The molecule has 194 valence electrons. The van der Waals surface area contributed by atoms with Crippen molar-refractivity contribution in [3.63, 3.8) is 0 Å². The van der Waals surface area contributed by atoms with Crippen LogP contribution in [0.15, 0.2) is 66.7 Å². The van der Waals surface area contributed by atoms with Gasteiger partial charge in [0.25, 0.3) is 11.8 Å². The van der Waals surface area contributed by atoms with Crippen molar-refractivity contribution in [2.45, 2.75) is 32.6 Å². The summed E-state index contributed by atoms with van der Waals surface area (Å²) in [5.41, 5.74) is 3.02. The molecule has 0 aliphatic carbocycles. The Kier molecular flexibility index (Phi) is 9.66. The fourth-order valence-electron chi connectivity index (χ4n) is 3.73. The summed E-state index contributed by atoms with van der Waals surface area (Å²) < 4.78 is 11.4. The molecule has 2 N–H and O–H groups in total. The minimum Gasteiger partial charge on any atom is -0.496 e. The lowest BCUT2D eigenvalue weighted by Gasteiger charge is -2.22. The first kappa shape index (κ1) is 27.3. The molecule has 0 bridgehead atoms. The molecule has 0 radical (unpaired) electrons. The van der Waals surface area contributed by atoms with Gasteiger partial charge in [0.1, 0.15) is 11.5 Å². The highest BCUT2D eigenvalue weighted by atomic mass is 16.5. The predicted molar refractivity (Wildman–Crippen MR) is 143 cm³/mol. The number of methoxy groups -OCH3 is 1. The van der Waals surface area contributed by atoms with E-state index in [1.54, 1.807) is 37.4 Å². The Morgan fingerprint density at radius 3 is 2.35 bits per heavy atom. The Morgan fingerprint density at radius 1 is 0.919 bits per heavy atom. The first-order valence-electron chi connectivity index (χ1n) is 12.1. The molecule has 0 aliphatic rings. The highest BCUT2D eigenvalue weighted by molar-refractivity contribution is 6.10. The first-order valence-corrected chi connectivity index (χ1v) is 12.1. The topological polar surface area (TPSA) is 105 Å². The second kappa shape index (κ2) is 13.1. The van der Waals surface area contributed by atoms with Crippen molar-refractivity contribution in [2.75, 3.05) is 31.0 Å². The molecule has 0 atom stereocenters. The van der Waals surface area contributed by atoms with Gasteiger partial charge >= 0.3 is 5.97 Å². The number of aliphatic carboxylic acids is 1. The molecule has 3 rings (SSSR count). The van der Waals surface area contributed by atoms with E-state index in [9.17, 15) is 14.4 Å². The number of carbonyl (C=O) groups excluding carboxylic acids is 2. The number of amides is 2. The minimum atomic E-state index is -0.804. The van der Waals surface area contributed by atoms with Crippen molar-refractivity contribution in [1.29, 1.82) is 0 Å². The Morgan fingerprint density at radius 2 is 1.65 bits per heavy atom. The number of ether oxygens (including phenoxy) is 2. The maximum atomic E-state index is 13.4. The molecule has 0 aromatic heterocycles. The maximum absolute atomic E-state index is 13.4. The largest absolute Gasteiger partial charge is 0.496 e. The van der Waals surface area contributed by atoms with Crippen molar-refractivity contribution >= 4 is 29.2 Å². The summed E-state index contributed by atoms with van der Waals surface area (Å²) in [4.78, 5) is 38.2. The second-order valence-corrected chi connectivity index (χ2v) is 8.62. The van der Waals surface area contributed by atoms with Gasteiger partial charge < -0.3 is 24.8 Å². The molecule has 0 saturated carbocycles. The van der Waals surface area contributed by atoms with Gasteiger partial charge in [-0.05, 0) is 68.7 Å². The van der Waals surface area contributed by atoms with Crippen LogP contribution in [0.1, 0.15) is 52.0 Å². The van der Waals surface area contributed by atoms with Gasteiger partial charge in [0.2, 0.25) is 0 Å². The van der Waals surface area contributed by atoms with Crippen LogP contribution in [0, 0.1) is 6.92 Å². The van der Waals surface area contributed by atoms with Gasteiger partial charge in [-0.1, -0.05) is 29.8 Å². The van der Waals surface area contributed by atoms with Crippen molar-refractivity contribution in [3.8, 4) is 11.5 Å². The van der Waals surface area contributed by atoms with E-state index in [0.29, 0.717) is 47.7 Å². The smallest absolute Gasteiger partial charge is 0.303 e. The van der Waals surface area contributed by atoms with Crippen molar-refractivity contribution in [1.82, 2.24) is 0 Å². The number of carbonyl (C=O) groups is 3. The number of benzene rings is 3. The lowest BCUT2D eigenvalue weighted by molar-refractivity contribution is -0.137. The number of para-hydroxylation sites is 2. The Labute approximate surface area is 216 Å². The van der Waals surface area contributed by atoms with Gasteiger partial charge in [0.05, 0.1) is 25.0 Å². The molecule has 0 saturated heterocycles. The van der Waals surface area contributed by atoms with Gasteiger partial charge in [-0.25, -0.2) is 0 Å². The summed E-state index contributed by atoms with van der Waals surface area (Å²) in [6, 6.07) is 19.4. The van der Waals surface area contributed by atoms with E-state index in [-0.39, 0.29) is 24.0 Å². The Balaban J connectivity index is 1.70. The van der Waals surface area contributed by atoms with E-state index in [1.165, 1.54) is 12.0 Å². The normalized spacial score (nSPS) is 10.5. The van der Waals surface area contributed by atoms with E-state index >= 15 is 0 Å². The van der Waals surface area contributed by atoms with E-state index in [2.05, 4.69) is 5.32 Å². The quantitative estimate of drug-likeness (QED) is 0.313. The second-order valence-electron chi connectivity index (χ2n) is 8.62. The molecule has 2 amide bonds. The van der Waals surface area contributed by atoms with E-state index in [0.717, 1.165) is 12.0 Å². The molecule has 3 aromatic rings. The standard InChI is InChI=1S/C29H32N2O6/c1-20-12-15-22(16-13-20)30-28(34)21-14-17-23(26(19-21)36-3)29(35)31(2)24-9-6-7-10-25(24)37-18-8-4-5-11-27(32)33/h6-7,9-10,12-17,19H,4-5,8,11,18H2,1-3H3,(H,30,34)(H,32,33). The number of hydrogen-bond donors (Lipinski definition) is 2. The number of carboxylic acid groups (broad SMARTS) is 1. The molecule has 0 fully saturated rings. The van der Waals surface area contributed by atoms with Crippen molar-refractivity contribution in [2.24, 2.45) is 0 Å². The molecular weight excluding hydrogens is 472 g/mol. The van der Waals surface area contributed by atoms with Crippen molar-refractivity contribution < 1.29 is 29.0 Å². The number of anilines is 2. The van der Waals surface area contributed by atoms with Crippen LogP contribution in [0.5, 0.6) is 11.5 Å². The fourth-order valence-corrected chi connectivity index (χ4v) is 3.73. The monoisotopic (exact) mass is 504 g/mol. The van der Waals surface area contributed by atoms with Crippen LogP contribution in [-0.4, -0.2) is 43.7 Å². The van der Waals surface area contributed by atoms with Gasteiger partial charge in [-0.2, -0.15) is 0 Å². The van der Waals surface area contributed by atoms with E-state index in [1.807, 2.05) is 43.3 Å². The zero-order chi connectivity index (χ0) is 26.8. The average molecular weight is 505 g/mol. The number of hydrogen-bond acceptors (Lipinski definition) is 5. The minimum absolute atomic E-state index is 0.141. The Hall–Kier alpha value is -4.33. The summed E-state index contributed by atoms with van der Waals surface area (Å²) in [5.74, 6) is -0.604. The predicted octanol–water partition coefficient (Wildman–Crippen LogP) is 5.56. The van der Waals surface area contributed by atoms with Crippen LogP contribution in [0.4, 0.5) is 11.4 Å². The van der Waals surface area contributed by atoms with Gasteiger partial charge in [0, 0.05) is 24.7 Å². The SMILES string of the molecule is COc1cc(C(=O)Nc2ccc(C)cc2)ccc1C(=O)N(C)c1ccccc1OCCCCCC(=O)O. The fraction of sp³-hybridized carbons (Fsp3) is 0.276. The molecule has 0 spiro atoms. The number of nitrogens with one attached hydrogen (secondary N) is 1. The summed E-state index contributed by atoms with van der Waals surface area (Å²) in [6.45, 7) is 2.38. The van der Waals surface area contributed by atoms with E-state index in [4.69, 9.17) is 14.6 Å². The van der Waals surface area contributed by atoms with Crippen LogP contribution < -0.4 is 19.7 Å². The molecule has 3 aromatic carbocycles. The Bertz CT molecular complexity index is 1240. The molecule has 37 heavy (non-hydrogen) atoms. The third kappa shape index (κ3) is 7.57. The third-order valence-electron chi connectivity index (χ3n) is 5.83. The highest BCUT2D eigenvalue weighted by Gasteiger charge is 2.22. The summed E-state index contributed by atoms with van der Waals surface area (Å²) in [7, 11) is 3.10. The van der Waals surface area contributed by atoms with Crippen LogP contribution in [0.25, 0.3) is 0 Å². The zero-order valence-electron chi connectivity index (χ0n) is 21.3. The molecule has 0 heterocycles. The zero-order valence-corrected chi connectivity index (χ0v) is 21.3. The summed E-state index contributed by atoms with van der Waals surface area (Å²) in [6.07, 6.45) is 2.18. The average Bonchev–Trinajstić information content (AvgIpc) is 2.90. The van der Waals surface area contributed by atoms with Crippen LogP contribution in [0.3, 0.4) is 0 Å². The third-order valence-corrected chi connectivity index (χ3v) is 5.83. The lowest BCUT2D eigenvalue weighted by atomic mass is 10.1. The van der Waals surface area contributed by atoms with Crippen LogP contribution in [-0.2, 0) is 4.79 Å². The summed E-state index contributed by atoms with van der Waals surface area (Å²) >= 11 is 0. The number of rotatable bonds is 12. The van der Waals surface area contributed by atoms with Crippen LogP contribution in [0.2, 0.25) is 0 Å². The van der Waals surface area contributed by atoms with Crippen LogP contribution >= 0.6 is 0 Å². The highest BCUT2D eigenvalue weighted by Crippen LogP contribution is 2.30. The lowest BCUT2D eigenvalue weighted by Crippen LogP contribution is -2.27. The van der Waals surface area contributed by atoms with Crippen molar-refractivity contribution in [3.05, 3.63) is 83.4 Å². The number of unbranched alkanes of at least 4 members (excludes halogenated alkanes) is 2. The molecule has 0 unspecified atom stereocenters. The summed E-state index contributed by atoms with van der Waals surface area (Å²) in [5, 5.41) is 11.6. The van der Waals surface area contributed by atoms with Gasteiger partial charge in [-0.15, -0.1) is 0 Å². The molecular formula is C29H32N2O6. The first-order chi connectivity index (χ1) is 17.8.